The van der Waals surface area contributed by atoms with Gasteiger partial charge in [0, 0.05) is 31.0 Å². The minimum atomic E-state index is -0.120. The summed E-state index contributed by atoms with van der Waals surface area (Å²) in [4.78, 5) is 27.7. The Balaban J connectivity index is 1.52. The fourth-order valence-electron chi connectivity index (χ4n) is 3.20. The molecule has 0 saturated carbocycles. The zero-order valence-electron chi connectivity index (χ0n) is 16.1. The summed E-state index contributed by atoms with van der Waals surface area (Å²) >= 11 is 0. The van der Waals surface area contributed by atoms with Gasteiger partial charge in [-0.05, 0) is 62.4 Å². The van der Waals surface area contributed by atoms with E-state index in [4.69, 9.17) is 0 Å². The van der Waals surface area contributed by atoms with Gasteiger partial charge < -0.3 is 16.0 Å². The Labute approximate surface area is 165 Å². The number of nitrogens with one attached hydrogen (secondary N) is 3. The molecule has 0 unspecified atom stereocenters. The van der Waals surface area contributed by atoms with Crippen LogP contribution in [0.2, 0.25) is 0 Å². The number of nitrogens with zero attached hydrogens (tertiary/aromatic N) is 1. The SMILES string of the molecule is CC(=O)Nc1cccc(Nc2ccc(C(=O)NCCC3=CCCCC3)cn2)c1. The molecule has 2 aromatic rings. The van der Waals surface area contributed by atoms with Crippen LogP contribution in [-0.4, -0.2) is 23.3 Å². The lowest BCUT2D eigenvalue weighted by Crippen LogP contribution is -2.25. The van der Waals surface area contributed by atoms with Crippen LogP contribution < -0.4 is 16.0 Å². The average molecular weight is 378 g/mol. The maximum atomic E-state index is 12.3. The second-order valence-electron chi connectivity index (χ2n) is 6.93. The zero-order valence-corrected chi connectivity index (χ0v) is 16.1. The minimum absolute atomic E-state index is 0.108. The number of anilines is 3. The second kappa shape index (κ2) is 9.69. The van der Waals surface area contributed by atoms with E-state index in [1.807, 2.05) is 24.3 Å². The summed E-state index contributed by atoms with van der Waals surface area (Å²) in [6.07, 6.45) is 9.64. The van der Waals surface area contributed by atoms with Crippen molar-refractivity contribution in [3.8, 4) is 0 Å². The van der Waals surface area contributed by atoms with Gasteiger partial charge in [-0.1, -0.05) is 17.7 Å². The van der Waals surface area contributed by atoms with E-state index in [-0.39, 0.29) is 11.8 Å². The van der Waals surface area contributed by atoms with E-state index >= 15 is 0 Å². The first-order chi connectivity index (χ1) is 13.6. The van der Waals surface area contributed by atoms with Crippen LogP contribution >= 0.6 is 0 Å². The van der Waals surface area contributed by atoms with Crippen LogP contribution in [0.15, 0.2) is 54.2 Å². The van der Waals surface area contributed by atoms with E-state index in [0.717, 1.165) is 24.9 Å². The van der Waals surface area contributed by atoms with Crippen LogP contribution in [0.3, 0.4) is 0 Å². The fraction of sp³-hybridized carbons (Fsp3) is 0.318. The highest BCUT2D eigenvalue weighted by Gasteiger charge is 2.08. The lowest BCUT2D eigenvalue weighted by atomic mass is 9.97. The van der Waals surface area contributed by atoms with Crippen molar-refractivity contribution in [1.82, 2.24) is 10.3 Å². The molecule has 6 nitrogen and oxygen atoms in total. The van der Waals surface area contributed by atoms with Crippen molar-refractivity contribution in [1.29, 1.82) is 0 Å². The van der Waals surface area contributed by atoms with Gasteiger partial charge in [0.05, 0.1) is 5.56 Å². The van der Waals surface area contributed by atoms with Gasteiger partial charge in [0.2, 0.25) is 5.91 Å². The van der Waals surface area contributed by atoms with Crippen molar-refractivity contribution < 1.29 is 9.59 Å². The molecule has 28 heavy (non-hydrogen) atoms. The van der Waals surface area contributed by atoms with E-state index < -0.39 is 0 Å². The molecule has 1 aliphatic rings. The fourth-order valence-corrected chi connectivity index (χ4v) is 3.20. The Morgan fingerprint density at radius 2 is 1.96 bits per heavy atom. The van der Waals surface area contributed by atoms with E-state index in [1.165, 1.54) is 25.3 Å². The highest BCUT2D eigenvalue weighted by atomic mass is 16.2. The quantitative estimate of drug-likeness (QED) is 0.624. The highest BCUT2D eigenvalue weighted by Crippen LogP contribution is 2.20. The van der Waals surface area contributed by atoms with Crippen molar-refractivity contribution in [3.05, 3.63) is 59.8 Å². The van der Waals surface area contributed by atoms with Crippen LogP contribution in [0, 0.1) is 0 Å². The molecule has 0 radical (unpaired) electrons. The molecule has 1 aromatic heterocycles. The number of hydrogen-bond donors (Lipinski definition) is 3. The van der Waals surface area contributed by atoms with Crippen LogP contribution in [-0.2, 0) is 4.79 Å². The number of carbonyl (C=O) groups is 2. The molecule has 3 rings (SSSR count). The van der Waals surface area contributed by atoms with Gasteiger partial charge in [0.15, 0.2) is 0 Å². The molecule has 0 bridgehead atoms. The lowest BCUT2D eigenvalue weighted by molar-refractivity contribution is -0.114. The topological polar surface area (TPSA) is 83.1 Å². The van der Waals surface area contributed by atoms with Gasteiger partial charge >= 0.3 is 0 Å². The summed E-state index contributed by atoms with van der Waals surface area (Å²) in [5.74, 6) is 0.400. The van der Waals surface area contributed by atoms with Crippen molar-refractivity contribution >= 4 is 29.0 Å². The number of rotatable bonds is 7. The van der Waals surface area contributed by atoms with E-state index in [2.05, 4.69) is 27.0 Å². The number of hydrogen-bond acceptors (Lipinski definition) is 4. The Morgan fingerprint density at radius 1 is 1.11 bits per heavy atom. The Hall–Kier alpha value is -3.15. The maximum absolute atomic E-state index is 12.3. The Kier molecular flexibility index (Phi) is 6.78. The molecule has 2 amide bonds. The molecule has 1 aliphatic carbocycles. The molecular weight excluding hydrogens is 352 g/mol. The van der Waals surface area contributed by atoms with Crippen LogP contribution in [0.5, 0.6) is 0 Å². The summed E-state index contributed by atoms with van der Waals surface area (Å²) in [5, 5.41) is 8.87. The lowest BCUT2D eigenvalue weighted by Gasteiger charge is -2.13. The summed E-state index contributed by atoms with van der Waals surface area (Å²) in [6, 6.07) is 10.9. The summed E-state index contributed by atoms with van der Waals surface area (Å²) < 4.78 is 0. The first-order valence-electron chi connectivity index (χ1n) is 9.67. The molecular formula is C22H26N4O2. The first kappa shape index (κ1) is 19.6. The second-order valence-corrected chi connectivity index (χ2v) is 6.93. The number of allylic oxidation sites excluding steroid dienone is 1. The maximum Gasteiger partial charge on any atom is 0.252 e. The van der Waals surface area contributed by atoms with Crippen molar-refractivity contribution in [2.75, 3.05) is 17.2 Å². The number of benzene rings is 1. The third-order valence-electron chi connectivity index (χ3n) is 4.60. The summed E-state index contributed by atoms with van der Waals surface area (Å²) in [5.41, 5.74) is 3.50. The predicted octanol–water partition coefficient (Wildman–Crippen LogP) is 4.40. The highest BCUT2D eigenvalue weighted by molar-refractivity contribution is 5.94. The molecule has 1 aromatic carbocycles. The van der Waals surface area contributed by atoms with Crippen LogP contribution in [0.25, 0.3) is 0 Å². The van der Waals surface area contributed by atoms with Gasteiger partial charge in [0.1, 0.15) is 5.82 Å². The van der Waals surface area contributed by atoms with Crippen molar-refractivity contribution in [2.45, 2.75) is 39.0 Å². The average Bonchev–Trinajstić information content (AvgIpc) is 2.69. The molecule has 0 saturated heterocycles. The van der Waals surface area contributed by atoms with Crippen LogP contribution in [0.4, 0.5) is 17.2 Å². The first-order valence-corrected chi connectivity index (χ1v) is 9.67. The summed E-state index contributed by atoms with van der Waals surface area (Å²) in [6.45, 7) is 2.12. The van der Waals surface area contributed by atoms with Gasteiger partial charge in [-0.3, -0.25) is 9.59 Å². The summed E-state index contributed by atoms with van der Waals surface area (Å²) in [7, 11) is 0. The van der Waals surface area contributed by atoms with Gasteiger partial charge in [-0.15, -0.1) is 0 Å². The van der Waals surface area contributed by atoms with E-state index in [0.29, 0.717) is 23.6 Å². The zero-order chi connectivity index (χ0) is 19.8. The Morgan fingerprint density at radius 3 is 2.68 bits per heavy atom. The van der Waals surface area contributed by atoms with Gasteiger partial charge in [0.25, 0.3) is 5.91 Å². The number of pyridine rings is 1. The standard InChI is InChI=1S/C22H26N4O2/c1-16(27)25-19-8-5-9-20(14-19)26-21-11-10-18(15-24-21)22(28)23-13-12-17-6-3-2-4-7-17/h5-6,8-11,14-15H,2-4,7,12-13H2,1H3,(H,23,28)(H,24,26)(H,25,27). The molecule has 1 heterocycles. The van der Waals surface area contributed by atoms with Crippen molar-refractivity contribution in [3.63, 3.8) is 0 Å². The number of carbonyl (C=O) groups excluding carboxylic acids is 2. The van der Waals surface area contributed by atoms with E-state index in [9.17, 15) is 9.59 Å². The number of aromatic nitrogens is 1. The monoisotopic (exact) mass is 378 g/mol. The van der Waals surface area contributed by atoms with Crippen LogP contribution in [0.1, 0.15) is 49.4 Å². The van der Waals surface area contributed by atoms with Gasteiger partial charge in [-0.2, -0.15) is 0 Å². The number of amides is 2. The smallest absolute Gasteiger partial charge is 0.252 e. The molecule has 0 fully saturated rings. The minimum Gasteiger partial charge on any atom is -0.352 e. The normalized spacial score (nSPS) is 13.4. The largest absolute Gasteiger partial charge is 0.352 e. The molecule has 6 heteroatoms. The molecule has 146 valence electrons. The van der Waals surface area contributed by atoms with E-state index in [1.54, 1.807) is 18.3 Å². The van der Waals surface area contributed by atoms with Crippen molar-refractivity contribution in [2.24, 2.45) is 0 Å². The third-order valence-corrected chi connectivity index (χ3v) is 4.60. The molecule has 0 aliphatic heterocycles. The predicted molar refractivity (Wildman–Crippen MR) is 112 cm³/mol. The molecule has 0 spiro atoms. The molecule has 0 atom stereocenters. The Bertz CT molecular complexity index is 859. The third kappa shape index (κ3) is 5.94. The van der Waals surface area contributed by atoms with Gasteiger partial charge in [-0.25, -0.2) is 4.98 Å². The molecule has 3 N–H and O–H groups in total.